The van der Waals surface area contributed by atoms with Crippen LogP contribution in [0.1, 0.15) is 16.9 Å². The topological polar surface area (TPSA) is 15.3 Å². The summed E-state index contributed by atoms with van der Waals surface area (Å²) in [5.74, 6) is 0.774. The summed E-state index contributed by atoms with van der Waals surface area (Å²) in [4.78, 5) is 4.00. The van der Waals surface area contributed by atoms with Gasteiger partial charge in [0.15, 0.2) is 0 Å². The molecule has 1 aromatic heterocycles. The molecule has 3 rings (SSSR count). The molecule has 0 saturated carbocycles. The maximum Gasteiger partial charge on any atom is 0.0208 e. The van der Waals surface area contributed by atoms with Gasteiger partial charge < -0.3 is 10.2 Å². The van der Waals surface area contributed by atoms with Gasteiger partial charge in [0, 0.05) is 30.6 Å². The van der Waals surface area contributed by atoms with E-state index in [1.165, 1.54) is 29.8 Å². The quantitative estimate of drug-likeness (QED) is 0.910. The molecule has 2 nitrogen and oxygen atoms in total. The SMILES string of the molecule is CN1CC(Cc2cccs2)CC(NCc2ccccc2)C1. The van der Waals surface area contributed by atoms with E-state index in [2.05, 4.69) is 65.1 Å². The second-order valence-electron chi connectivity index (χ2n) is 6.17. The Kier molecular flexibility index (Phi) is 5.07. The highest BCUT2D eigenvalue weighted by Gasteiger charge is 2.25. The average Bonchev–Trinajstić information content (AvgIpc) is 2.99. The van der Waals surface area contributed by atoms with Crippen LogP contribution >= 0.6 is 11.3 Å². The molecule has 3 heteroatoms. The smallest absolute Gasteiger partial charge is 0.0208 e. The van der Waals surface area contributed by atoms with E-state index in [1.807, 2.05) is 11.3 Å². The standard InChI is InChI=1S/C18H24N2S/c1-20-13-16(11-18-8-5-9-21-18)10-17(14-20)19-12-15-6-3-2-4-7-15/h2-9,16-17,19H,10-14H2,1H3. The van der Waals surface area contributed by atoms with E-state index in [-0.39, 0.29) is 0 Å². The number of likely N-dealkylation sites (tertiary alicyclic amines) is 1. The van der Waals surface area contributed by atoms with Crippen LogP contribution in [0.4, 0.5) is 0 Å². The van der Waals surface area contributed by atoms with Crippen LogP contribution < -0.4 is 5.32 Å². The second kappa shape index (κ2) is 7.21. The van der Waals surface area contributed by atoms with Gasteiger partial charge in [0.2, 0.25) is 0 Å². The molecule has 1 N–H and O–H groups in total. The molecule has 112 valence electrons. The molecule has 1 aliphatic rings. The van der Waals surface area contributed by atoms with Crippen molar-refractivity contribution in [1.82, 2.24) is 10.2 Å². The molecule has 1 aliphatic heterocycles. The molecule has 21 heavy (non-hydrogen) atoms. The van der Waals surface area contributed by atoms with Crippen molar-refractivity contribution in [1.29, 1.82) is 0 Å². The Hall–Kier alpha value is -1.16. The number of rotatable bonds is 5. The first-order chi connectivity index (χ1) is 10.3. The zero-order chi connectivity index (χ0) is 14.5. The lowest BCUT2D eigenvalue weighted by molar-refractivity contribution is 0.168. The molecule has 0 spiro atoms. The van der Waals surface area contributed by atoms with Crippen LogP contribution in [-0.4, -0.2) is 31.1 Å². The monoisotopic (exact) mass is 300 g/mol. The Morgan fingerprint density at radius 1 is 1.14 bits per heavy atom. The van der Waals surface area contributed by atoms with E-state index >= 15 is 0 Å². The van der Waals surface area contributed by atoms with Crippen LogP contribution in [0.25, 0.3) is 0 Å². The minimum absolute atomic E-state index is 0.605. The first-order valence-electron chi connectivity index (χ1n) is 7.78. The number of nitrogens with one attached hydrogen (secondary N) is 1. The normalized spacial score (nSPS) is 23.3. The van der Waals surface area contributed by atoms with Crippen molar-refractivity contribution in [2.75, 3.05) is 20.1 Å². The van der Waals surface area contributed by atoms with Gasteiger partial charge in [-0.2, -0.15) is 0 Å². The van der Waals surface area contributed by atoms with Crippen LogP contribution in [0.2, 0.25) is 0 Å². The highest BCUT2D eigenvalue weighted by molar-refractivity contribution is 7.09. The van der Waals surface area contributed by atoms with Gasteiger partial charge in [-0.3, -0.25) is 0 Å². The second-order valence-corrected chi connectivity index (χ2v) is 7.20. The molecule has 0 radical (unpaired) electrons. The van der Waals surface area contributed by atoms with Gasteiger partial charge >= 0.3 is 0 Å². The molecule has 2 heterocycles. The van der Waals surface area contributed by atoms with Crippen molar-refractivity contribution in [3.63, 3.8) is 0 Å². The van der Waals surface area contributed by atoms with Gasteiger partial charge in [0.25, 0.3) is 0 Å². The lowest BCUT2D eigenvalue weighted by atomic mass is 9.91. The van der Waals surface area contributed by atoms with Crippen LogP contribution in [-0.2, 0) is 13.0 Å². The van der Waals surface area contributed by atoms with Gasteiger partial charge in [-0.05, 0) is 42.8 Å². The fraction of sp³-hybridized carbons (Fsp3) is 0.444. The minimum atomic E-state index is 0.605. The van der Waals surface area contributed by atoms with E-state index in [4.69, 9.17) is 0 Å². The zero-order valence-electron chi connectivity index (χ0n) is 12.7. The zero-order valence-corrected chi connectivity index (χ0v) is 13.5. The predicted molar refractivity (Wildman–Crippen MR) is 90.7 cm³/mol. The molecule has 1 saturated heterocycles. The van der Waals surface area contributed by atoms with E-state index < -0.39 is 0 Å². The summed E-state index contributed by atoms with van der Waals surface area (Å²) in [5.41, 5.74) is 1.38. The Morgan fingerprint density at radius 3 is 2.76 bits per heavy atom. The molecular weight excluding hydrogens is 276 g/mol. The largest absolute Gasteiger partial charge is 0.309 e. The summed E-state index contributed by atoms with van der Waals surface area (Å²) in [6.45, 7) is 3.36. The Morgan fingerprint density at radius 2 is 2.00 bits per heavy atom. The maximum absolute atomic E-state index is 3.74. The molecule has 0 amide bonds. The number of hydrogen-bond donors (Lipinski definition) is 1. The van der Waals surface area contributed by atoms with Crippen molar-refractivity contribution in [2.45, 2.75) is 25.4 Å². The van der Waals surface area contributed by atoms with Crippen molar-refractivity contribution in [3.8, 4) is 0 Å². The number of thiophene rings is 1. The van der Waals surface area contributed by atoms with Crippen molar-refractivity contribution >= 4 is 11.3 Å². The fourth-order valence-electron chi connectivity index (χ4n) is 3.31. The minimum Gasteiger partial charge on any atom is -0.309 e. The highest BCUT2D eigenvalue weighted by atomic mass is 32.1. The van der Waals surface area contributed by atoms with Crippen LogP contribution in [0.5, 0.6) is 0 Å². The Balaban J connectivity index is 1.53. The number of hydrogen-bond acceptors (Lipinski definition) is 3. The summed E-state index contributed by atoms with van der Waals surface area (Å²) in [6, 6.07) is 15.7. The third kappa shape index (κ3) is 4.40. The van der Waals surface area contributed by atoms with E-state index in [1.54, 1.807) is 0 Å². The van der Waals surface area contributed by atoms with Crippen LogP contribution in [0, 0.1) is 5.92 Å². The molecule has 2 aromatic rings. The molecule has 0 aliphatic carbocycles. The molecule has 2 unspecified atom stereocenters. The molecule has 1 fully saturated rings. The lowest BCUT2D eigenvalue weighted by Gasteiger charge is -2.36. The fourth-order valence-corrected chi connectivity index (χ4v) is 4.13. The summed E-state index contributed by atoms with van der Waals surface area (Å²) in [6.07, 6.45) is 2.51. The van der Waals surface area contributed by atoms with Crippen molar-refractivity contribution < 1.29 is 0 Å². The van der Waals surface area contributed by atoms with Gasteiger partial charge in [-0.15, -0.1) is 11.3 Å². The lowest BCUT2D eigenvalue weighted by Crippen LogP contribution is -2.47. The van der Waals surface area contributed by atoms with E-state index in [9.17, 15) is 0 Å². The summed E-state index contributed by atoms with van der Waals surface area (Å²) in [7, 11) is 2.25. The number of benzene rings is 1. The summed E-state index contributed by atoms with van der Waals surface area (Å²) < 4.78 is 0. The Bertz CT molecular complexity index is 523. The van der Waals surface area contributed by atoms with Gasteiger partial charge in [-0.1, -0.05) is 36.4 Å². The first-order valence-corrected chi connectivity index (χ1v) is 8.66. The average molecular weight is 300 g/mol. The van der Waals surface area contributed by atoms with Crippen molar-refractivity contribution in [2.24, 2.45) is 5.92 Å². The first kappa shape index (κ1) is 14.8. The van der Waals surface area contributed by atoms with Crippen LogP contribution in [0.15, 0.2) is 47.8 Å². The molecule has 2 atom stereocenters. The summed E-state index contributed by atoms with van der Waals surface area (Å²) in [5, 5.41) is 5.93. The number of nitrogens with zero attached hydrogens (tertiary/aromatic N) is 1. The number of piperidine rings is 1. The van der Waals surface area contributed by atoms with E-state index in [0.29, 0.717) is 6.04 Å². The molecule has 0 bridgehead atoms. The van der Waals surface area contributed by atoms with Crippen molar-refractivity contribution in [3.05, 3.63) is 58.3 Å². The maximum atomic E-state index is 3.74. The third-order valence-electron chi connectivity index (χ3n) is 4.23. The molecule has 1 aromatic carbocycles. The van der Waals surface area contributed by atoms with Gasteiger partial charge in [0.05, 0.1) is 0 Å². The van der Waals surface area contributed by atoms with Crippen LogP contribution in [0.3, 0.4) is 0 Å². The molecular formula is C18H24N2S. The third-order valence-corrected chi connectivity index (χ3v) is 5.13. The van der Waals surface area contributed by atoms with Gasteiger partial charge in [-0.25, -0.2) is 0 Å². The predicted octanol–water partition coefficient (Wildman–Crippen LogP) is 3.40. The van der Waals surface area contributed by atoms with E-state index in [0.717, 1.165) is 19.0 Å². The number of likely N-dealkylation sites (N-methyl/N-ethyl adjacent to an activating group) is 1. The van der Waals surface area contributed by atoms with Gasteiger partial charge in [0.1, 0.15) is 0 Å². The Labute approximate surface area is 131 Å². The highest BCUT2D eigenvalue weighted by Crippen LogP contribution is 2.22. The summed E-state index contributed by atoms with van der Waals surface area (Å²) >= 11 is 1.89.